The van der Waals surface area contributed by atoms with E-state index in [4.69, 9.17) is 4.43 Å². The lowest BCUT2D eigenvalue weighted by Gasteiger charge is -2.17. The van der Waals surface area contributed by atoms with Crippen molar-refractivity contribution in [3.63, 3.8) is 0 Å². The molecule has 0 aromatic heterocycles. The number of unbranched alkanes of at least 4 members (excludes halogenated alkanes) is 7. The molecule has 0 N–H and O–H groups in total. The monoisotopic (exact) mass is 409 g/mol. The molecule has 2 aromatic carbocycles. The van der Waals surface area contributed by atoms with Gasteiger partial charge in [0.05, 0.1) is 0 Å². The molecular formula is C27H41OSi. The topological polar surface area (TPSA) is 9.23 Å². The van der Waals surface area contributed by atoms with Gasteiger partial charge in [-0.05, 0) is 29.1 Å². The van der Waals surface area contributed by atoms with Crippen molar-refractivity contribution in [1.82, 2.24) is 0 Å². The third-order valence-electron chi connectivity index (χ3n) is 5.71. The van der Waals surface area contributed by atoms with Crippen molar-refractivity contribution in [2.75, 3.05) is 6.61 Å². The average molecular weight is 410 g/mol. The molecule has 2 aromatic rings. The van der Waals surface area contributed by atoms with Crippen molar-refractivity contribution >= 4 is 19.4 Å². The quantitative estimate of drug-likeness (QED) is 0.220. The maximum absolute atomic E-state index is 6.46. The molecule has 1 atom stereocenters. The fourth-order valence-corrected chi connectivity index (χ4v) is 5.89. The fourth-order valence-electron chi connectivity index (χ4n) is 3.89. The third kappa shape index (κ3) is 10.3. The van der Waals surface area contributed by atoms with Crippen LogP contribution in [-0.4, -0.2) is 15.6 Å². The van der Waals surface area contributed by atoms with Crippen LogP contribution in [0.25, 0.3) is 0 Å². The number of rotatable bonds is 16. The molecule has 0 saturated carbocycles. The van der Waals surface area contributed by atoms with Gasteiger partial charge in [0.1, 0.15) is 0 Å². The molecule has 0 bridgehead atoms. The van der Waals surface area contributed by atoms with Gasteiger partial charge in [-0.15, -0.1) is 0 Å². The second kappa shape index (κ2) is 15.5. The van der Waals surface area contributed by atoms with Gasteiger partial charge in [-0.3, -0.25) is 0 Å². The normalized spacial score (nSPS) is 12.4. The van der Waals surface area contributed by atoms with Crippen LogP contribution in [-0.2, 0) is 4.43 Å². The van der Waals surface area contributed by atoms with Crippen LogP contribution in [0.1, 0.15) is 84.5 Å². The average Bonchev–Trinajstić information content (AvgIpc) is 2.77. The lowest BCUT2D eigenvalue weighted by Crippen LogP contribution is -2.45. The number of benzene rings is 2. The lowest BCUT2D eigenvalue weighted by molar-refractivity contribution is 0.302. The summed E-state index contributed by atoms with van der Waals surface area (Å²) in [7, 11) is -1.13. The predicted molar refractivity (Wildman–Crippen MR) is 129 cm³/mol. The van der Waals surface area contributed by atoms with Crippen LogP contribution in [0.2, 0.25) is 0 Å². The van der Waals surface area contributed by atoms with E-state index in [-0.39, 0.29) is 0 Å². The minimum Gasteiger partial charge on any atom is -0.407 e. The van der Waals surface area contributed by atoms with Gasteiger partial charge in [-0.1, -0.05) is 132 Å². The van der Waals surface area contributed by atoms with E-state index >= 15 is 0 Å². The molecule has 0 amide bonds. The minimum absolute atomic E-state index is 0.822. The van der Waals surface area contributed by atoms with E-state index in [2.05, 4.69) is 74.5 Å². The van der Waals surface area contributed by atoms with E-state index in [1.807, 2.05) is 0 Å². The highest BCUT2D eigenvalue weighted by Crippen LogP contribution is 2.16. The lowest BCUT2D eigenvalue weighted by atomic mass is 9.97. The first-order valence-corrected chi connectivity index (χ1v) is 13.3. The zero-order chi connectivity index (χ0) is 20.6. The summed E-state index contributed by atoms with van der Waals surface area (Å²) in [6.45, 7) is 5.58. The van der Waals surface area contributed by atoms with Crippen molar-refractivity contribution in [2.45, 2.75) is 84.5 Å². The Balaban J connectivity index is 1.62. The van der Waals surface area contributed by atoms with Crippen LogP contribution in [0, 0.1) is 5.92 Å². The van der Waals surface area contributed by atoms with Gasteiger partial charge in [0.25, 0.3) is 9.04 Å². The maximum atomic E-state index is 6.46. The maximum Gasteiger partial charge on any atom is 0.282 e. The van der Waals surface area contributed by atoms with Crippen molar-refractivity contribution < 1.29 is 4.43 Å². The van der Waals surface area contributed by atoms with Gasteiger partial charge < -0.3 is 4.43 Å². The Bertz CT molecular complexity index is 573. The number of hydrogen-bond donors (Lipinski definition) is 0. The predicted octanol–water partition coefficient (Wildman–Crippen LogP) is 6.76. The highest BCUT2D eigenvalue weighted by atomic mass is 28.3. The van der Waals surface area contributed by atoms with Crippen molar-refractivity contribution in [2.24, 2.45) is 5.92 Å². The Hall–Kier alpha value is -1.38. The molecule has 0 aliphatic carbocycles. The second-order valence-electron chi connectivity index (χ2n) is 8.42. The largest absolute Gasteiger partial charge is 0.407 e. The minimum atomic E-state index is -1.13. The Morgan fingerprint density at radius 2 is 1.14 bits per heavy atom. The summed E-state index contributed by atoms with van der Waals surface area (Å²) in [6.07, 6.45) is 15.2. The summed E-state index contributed by atoms with van der Waals surface area (Å²) in [5, 5.41) is 2.69. The first-order valence-electron chi connectivity index (χ1n) is 11.9. The van der Waals surface area contributed by atoms with Crippen molar-refractivity contribution in [3.8, 4) is 0 Å². The van der Waals surface area contributed by atoms with Crippen LogP contribution < -0.4 is 10.4 Å². The first kappa shape index (κ1) is 23.9. The van der Waals surface area contributed by atoms with E-state index < -0.39 is 9.04 Å². The summed E-state index contributed by atoms with van der Waals surface area (Å²) in [6, 6.07) is 21.5. The van der Waals surface area contributed by atoms with Gasteiger partial charge in [-0.2, -0.15) is 0 Å². The van der Waals surface area contributed by atoms with Gasteiger partial charge in [0.2, 0.25) is 0 Å². The Labute approximate surface area is 181 Å². The molecule has 2 heteroatoms. The Morgan fingerprint density at radius 3 is 1.69 bits per heavy atom. The van der Waals surface area contributed by atoms with Crippen LogP contribution in [0.5, 0.6) is 0 Å². The zero-order valence-electron chi connectivity index (χ0n) is 18.7. The summed E-state index contributed by atoms with van der Waals surface area (Å²) >= 11 is 0. The fraction of sp³-hybridized carbons (Fsp3) is 0.556. The first-order chi connectivity index (χ1) is 14.3. The van der Waals surface area contributed by atoms with Gasteiger partial charge >= 0.3 is 0 Å². The van der Waals surface area contributed by atoms with Crippen molar-refractivity contribution in [3.05, 3.63) is 60.7 Å². The zero-order valence-corrected chi connectivity index (χ0v) is 19.7. The molecule has 29 heavy (non-hydrogen) atoms. The molecule has 0 saturated heterocycles. The van der Waals surface area contributed by atoms with E-state index in [0.717, 1.165) is 12.5 Å². The van der Waals surface area contributed by atoms with Gasteiger partial charge in [-0.25, -0.2) is 0 Å². The highest BCUT2D eigenvalue weighted by molar-refractivity contribution is 6.80. The van der Waals surface area contributed by atoms with Gasteiger partial charge in [0, 0.05) is 6.61 Å². The SMILES string of the molecule is CCCCCCCCCCC(C)CCCO[Si](c1ccccc1)c1ccccc1. The molecule has 2 rings (SSSR count). The summed E-state index contributed by atoms with van der Waals surface area (Å²) in [4.78, 5) is 0. The summed E-state index contributed by atoms with van der Waals surface area (Å²) in [5.41, 5.74) is 0. The van der Waals surface area contributed by atoms with E-state index in [0.29, 0.717) is 0 Å². The molecule has 0 aliphatic rings. The van der Waals surface area contributed by atoms with E-state index in [9.17, 15) is 0 Å². The molecule has 1 radical (unpaired) electrons. The summed E-state index contributed by atoms with van der Waals surface area (Å²) in [5.74, 6) is 0.822. The molecule has 0 heterocycles. The molecule has 1 unspecified atom stereocenters. The van der Waals surface area contributed by atoms with Gasteiger partial charge in [0.15, 0.2) is 0 Å². The highest BCUT2D eigenvalue weighted by Gasteiger charge is 2.18. The van der Waals surface area contributed by atoms with Crippen LogP contribution in [0.3, 0.4) is 0 Å². The third-order valence-corrected chi connectivity index (χ3v) is 7.92. The van der Waals surface area contributed by atoms with Crippen LogP contribution in [0.15, 0.2) is 60.7 Å². The number of hydrogen-bond acceptors (Lipinski definition) is 1. The molecule has 1 nitrogen and oxygen atoms in total. The second-order valence-corrected chi connectivity index (χ2v) is 10.5. The van der Waals surface area contributed by atoms with Crippen LogP contribution >= 0.6 is 0 Å². The molecule has 0 spiro atoms. The molecule has 0 aliphatic heterocycles. The van der Waals surface area contributed by atoms with Crippen LogP contribution in [0.4, 0.5) is 0 Å². The molecule has 0 fully saturated rings. The molecule has 159 valence electrons. The van der Waals surface area contributed by atoms with Crippen molar-refractivity contribution in [1.29, 1.82) is 0 Å². The smallest absolute Gasteiger partial charge is 0.282 e. The van der Waals surface area contributed by atoms with E-state index in [1.54, 1.807) is 0 Å². The standard InChI is InChI=1S/C27H41OSi/c1-3-4-5-6-7-8-9-12-18-25(2)19-17-24-28-29(26-20-13-10-14-21-26)27-22-15-11-16-23-27/h10-11,13-16,20-23,25H,3-9,12,17-19,24H2,1-2H3. The Morgan fingerprint density at radius 1 is 0.655 bits per heavy atom. The Kier molecular flexibility index (Phi) is 12.7. The molecular weight excluding hydrogens is 368 g/mol. The summed E-state index contributed by atoms with van der Waals surface area (Å²) < 4.78 is 6.46. The van der Waals surface area contributed by atoms with E-state index in [1.165, 1.54) is 81.0 Å².